The highest BCUT2D eigenvalue weighted by Crippen LogP contribution is 2.35. The van der Waals surface area contributed by atoms with Crippen molar-refractivity contribution in [3.63, 3.8) is 0 Å². The van der Waals surface area contributed by atoms with Crippen molar-refractivity contribution in [1.29, 1.82) is 0 Å². The first-order valence-corrected chi connectivity index (χ1v) is 10.3. The van der Waals surface area contributed by atoms with Crippen molar-refractivity contribution in [1.82, 2.24) is 24.8 Å². The highest BCUT2D eigenvalue weighted by Gasteiger charge is 2.19. The average Bonchev–Trinajstić information content (AvgIpc) is 3.31. The number of imidazole rings is 1. The van der Waals surface area contributed by atoms with Gasteiger partial charge in [-0.05, 0) is 56.1 Å². The molecule has 144 valence electrons. The Kier molecular flexibility index (Phi) is 4.44. The molecule has 3 aromatic heterocycles. The molecule has 0 spiro atoms. The third kappa shape index (κ3) is 3.12. The van der Waals surface area contributed by atoms with Crippen LogP contribution in [0.25, 0.3) is 32.0 Å². The number of nitrogens with zero attached hydrogens (tertiary/aromatic N) is 4. The number of fused-ring (bicyclic) bond motifs is 3. The summed E-state index contributed by atoms with van der Waals surface area (Å²) < 4.78 is 15.3. The smallest absolute Gasteiger partial charge is 0.156 e. The first kappa shape index (κ1) is 17.5. The number of piperidine rings is 1. The number of hydrogen-bond acceptors (Lipinski definition) is 6. The number of thiazole rings is 1. The summed E-state index contributed by atoms with van der Waals surface area (Å²) in [6.07, 6.45) is 4.16. The van der Waals surface area contributed by atoms with Crippen LogP contribution in [-0.4, -0.2) is 39.2 Å². The lowest BCUT2D eigenvalue weighted by Gasteiger charge is -2.23. The number of nitrogens with one attached hydrogen (secondary N) is 2. The summed E-state index contributed by atoms with van der Waals surface area (Å²) in [6, 6.07) is 6.43. The summed E-state index contributed by atoms with van der Waals surface area (Å²) in [6.45, 7) is 3.05. The maximum absolute atomic E-state index is 13.3. The minimum Gasteiger partial charge on any atom is -0.368 e. The van der Waals surface area contributed by atoms with E-state index in [1.54, 1.807) is 18.5 Å². The number of benzene rings is 1. The summed E-state index contributed by atoms with van der Waals surface area (Å²) in [7, 11) is 1.97. The van der Waals surface area contributed by atoms with E-state index in [1.165, 1.54) is 36.3 Å². The van der Waals surface area contributed by atoms with Crippen LogP contribution in [0, 0.1) is 11.7 Å². The molecule has 0 unspecified atom stereocenters. The number of aromatic nitrogens is 4. The predicted octanol–water partition coefficient (Wildman–Crippen LogP) is 3.80. The lowest BCUT2D eigenvalue weighted by molar-refractivity contribution is 0.389. The number of hydrogen-bond donors (Lipinski definition) is 2. The lowest BCUT2D eigenvalue weighted by atomic mass is 9.98. The molecule has 4 heterocycles. The van der Waals surface area contributed by atoms with Gasteiger partial charge in [0.1, 0.15) is 32.2 Å². The van der Waals surface area contributed by atoms with E-state index in [9.17, 15) is 4.39 Å². The zero-order valence-corrected chi connectivity index (χ0v) is 16.4. The van der Waals surface area contributed by atoms with Crippen molar-refractivity contribution < 1.29 is 4.39 Å². The summed E-state index contributed by atoms with van der Waals surface area (Å²) in [5.41, 5.74) is 3.55. The van der Waals surface area contributed by atoms with Gasteiger partial charge in [-0.3, -0.25) is 0 Å². The quantitative estimate of drug-likeness (QED) is 0.549. The number of anilines is 1. The molecule has 6 nitrogen and oxygen atoms in total. The van der Waals surface area contributed by atoms with Gasteiger partial charge < -0.3 is 15.2 Å². The maximum atomic E-state index is 13.3. The van der Waals surface area contributed by atoms with Crippen LogP contribution in [0.4, 0.5) is 10.2 Å². The molecule has 0 atom stereocenters. The second kappa shape index (κ2) is 7.10. The van der Waals surface area contributed by atoms with Crippen molar-refractivity contribution >= 4 is 38.5 Å². The fourth-order valence-electron chi connectivity index (χ4n) is 3.75. The van der Waals surface area contributed by atoms with Gasteiger partial charge >= 0.3 is 0 Å². The Balaban J connectivity index is 1.55. The molecule has 8 heteroatoms. The van der Waals surface area contributed by atoms with Gasteiger partial charge in [0.2, 0.25) is 0 Å². The average molecular weight is 396 g/mol. The highest BCUT2D eigenvalue weighted by atomic mass is 32.1. The van der Waals surface area contributed by atoms with Gasteiger partial charge in [-0.1, -0.05) is 11.3 Å². The standard InChI is InChI=1S/C20H21FN6S/c1-27-11-24-15-17(27)16-20(26-18(15)23-10-12-6-8-22-9-7-12)28-19(25-16)13-2-4-14(21)5-3-13/h2-5,11-12,22H,6-10H2,1H3,(H,23,26). The molecular weight excluding hydrogens is 375 g/mol. The van der Waals surface area contributed by atoms with E-state index < -0.39 is 0 Å². The highest BCUT2D eigenvalue weighted by molar-refractivity contribution is 7.21. The zero-order valence-electron chi connectivity index (χ0n) is 15.6. The van der Waals surface area contributed by atoms with Crippen LogP contribution < -0.4 is 10.6 Å². The van der Waals surface area contributed by atoms with E-state index in [0.717, 1.165) is 57.4 Å². The van der Waals surface area contributed by atoms with E-state index in [1.807, 2.05) is 11.6 Å². The first-order valence-electron chi connectivity index (χ1n) is 9.51. The van der Waals surface area contributed by atoms with Crippen LogP contribution in [0.3, 0.4) is 0 Å². The molecule has 1 saturated heterocycles. The van der Waals surface area contributed by atoms with Gasteiger partial charge in [-0.25, -0.2) is 19.3 Å². The fourth-order valence-corrected chi connectivity index (χ4v) is 4.70. The predicted molar refractivity (Wildman–Crippen MR) is 111 cm³/mol. The van der Waals surface area contributed by atoms with Crippen LogP contribution in [0.5, 0.6) is 0 Å². The van der Waals surface area contributed by atoms with E-state index in [4.69, 9.17) is 9.97 Å². The lowest BCUT2D eigenvalue weighted by Crippen LogP contribution is -2.31. The summed E-state index contributed by atoms with van der Waals surface area (Å²) >= 11 is 1.52. The number of pyridine rings is 1. The Morgan fingerprint density at radius 1 is 1.18 bits per heavy atom. The van der Waals surface area contributed by atoms with Gasteiger partial charge in [0.15, 0.2) is 5.82 Å². The molecule has 1 aliphatic rings. The molecule has 2 N–H and O–H groups in total. The van der Waals surface area contributed by atoms with Crippen molar-refractivity contribution in [2.45, 2.75) is 12.8 Å². The Bertz CT molecular complexity index is 1130. The molecule has 0 radical (unpaired) electrons. The van der Waals surface area contributed by atoms with Crippen molar-refractivity contribution in [2.75, 3.05) is 25.0 Å². The molecule has 0 amide bonds. The fraction of sp³-hybridized carbons (Fsp3) is 0.350. The third-order valence-electron chi connectivity index (χ3n) is 5.32. The topological polar surface area (TPSA) is 67.7 Å². The SMILES string of the molecule is Cn1cnc2c(NCC3CCNCC3)nc3sc(-c4ccc(F)cc4)nc3c21. The monoisotopic (exact) mass is 396 g/mol. The van der Waals surface area contributed by atoms with Gasteiger partial charge in [0.25, 0.3) is 0 Å². The zero-order chi connectivity index (χ0) is 19.1. The number of rotatable bonds is 4. The van der Waals surface area contributed by atoms with Crippen LogP contribution in [0.15, 0.2) is 30.6 Å². The second-order valence-electron chi connectivity index (χ2n) is 7.27. The number of aryl methyl sites for hydroxylation is 1. The second-order valence-corrected chi connectivity index (χ2v) is 8.24. The third-order valence-corrected chi connectivity index (χ3v) is 6.31. The minimum absolute atomic E-state index is 0.249. The molecule has 0 saturated carbocycles. The Labute approximate surface area is 165 Å². The number of halogens is 1. The van der Waals surface area contributed by atoms with Crippen molar-refractivity contribution in [2.24, 2.45) is 13.0 Å². The van der Waals surface area contributed by atoms with Crippen LogP contribution in [-0.2, 0) is 7.05 Å². The van der Waals surface area contributed by atoms with E-state index >= 15 is 0 Å². The normalized spacial score (nSPS) is 15.5. The molecule has 1 fully saturated rings. The van der Waals surface area contributed by atoms with Gasteiger partial charge in [-0.15, -0.1) is 0 Å². The molecule has 0 bridgehead atoms. The molecule has 1 aliphatic heterocycles. The first-order chi connectivity index (χ1) is 13.7. The van der Waals surface area contributed by atoms with Gasteiger partial charge in [0, 0.05) is 19.2 Å². The van der Waals surface area contributed by atoms with Crippen LogP contribution >= 0.6 is 11.3 Å². The molecular formula is C20H21FN6S. The summed E-state index contributed by atoms with van der Waals surface area (Å²) in [5, 5.41) is 7.77. The Morgan fingerprint density at radius 3 is 2.75 bits per heavy atom. The van der Waals surface area contributed by atoms with Crippen LogP contribution in [0.1, 0.15) is 12.8 Å². The maximum Gasteiger partial charge on any atom is 0.156 e. The van der Waals surface area contributed by atoms with Gasteiger partial charge in [0.05, 0.1) is 6.33 Å². The molecule has 5 rings (SSSR count). The Hall–Kier alpha value is -2.58. The molecule has 0 aliphatic carbocycles. The molecule has 1 aromatic carbocycles. The largest absolute Gasteiger partial charge is 0.368 e. The van der Waals surface area contributed by atoms with Crippen LogP contribution in [0.2, 0.25) is 0 Å². The minimum atomic E-state index is -0.249. The summed E-state index contributed by atoms with van der Waals surface area (Å²) in [4.78, 5) is 15.1. The van der Waals surface area contributed by atoms with E-state index in [2.05, 4.69) is 15.6 Å². The van der Waals surface area contributed by atoms with E-state index in [-0.39, 0.29) is 5.82 Å². The van der Waals surface area contributed by atoms with E-state index in [0.29, 0.717) is 5.92 Å². The summed E-state index contributed by atoms with van der Waals surface area (Å²) in [5.74, 6) is 1.21. The van der Waals surface area contributed by atoms with Gasteiger partial charge in [-0.2, -0.15) is 0 Å². The van der Waals surface area contributed by atoms with Crippen molar-refractivity contribution in [3.05, 3.63) is 36.4 Å². The Morgan fingerprint density at radius 2 is 1.96 bits per heavy atom. The molecule has 28 heavy (non-hydrogen) atoms. The molecule has 4 aromatic rings. The van der Waals surface area contributed by atoms with Crippen molar-refractivity contribution in [3.8, 4) is 10.6 Å².